The first-order chi connectivity index (χ1) is 14.0. The first kappa shape index (κ1) is 24.1. The largest absolute Gasteiger partial charge is 0.357 e. The molecule has 1 unspecified atom stereocenters. The Morgan fingerprint density at radius 1 is 1.17 bits per heavy atom. The first-order valence-corrected chi connectivity index (χ1v) is 14.7. The number of nitrogens with zero attached hydrogens (tertiary/aromatic N) is 1. The van der Waals surface area contributed by atoms with Crippen molar-refractivity contribution in [3.8, 4) is 0 Å². The van der Waals surface area contributed by atoms with Gasteiger partial charge in [0.1, 0.15) is 18.1 Å². The first-order valence-electron chi connectivity index (χ1n) is 11.0. The van der Waals surface area contributed by atoms with Crippen LogP contribution in [0.2, 0.25) is 19.6 Å². The fraction of sp³-hybridized carbons (Fsp3) is 0.609. The van der Waals surface area contributed by atoms with Crippen molar-refractivity contribution < 1.29 is 14.4 Å². The zero-order valence-corrected chi connectivity index (χ0v) is 20.2. The van der Waals surface area contributed by atoms with Gasteiger partial charge in [0.05, 0.1) is 8.07 Å². The van der Waals surface area contributed by atoms with Crippen LogP contribution in [0.15, 0.2) is 30.3 Å². The fourth-order valence-corrected chi connectivity index (χ4v) is 4.50. The molecule has 1 fully saturated rings. The van der Waals surface area contributed by atoms with E-state index in [4.69, 9.17) is 0 Å². The number of benzene rings is 1. The summed E-state index contributed by atoms with van der Waals surface area (Å²) in [6, 6.07) is 7.73. The summed E-state index contributed by atoms with van der Waals surface area (Å²) >= 11 is 0. The molecular weight excluding hydrogens is 394 g/mol. The molecule has 30 heavy (non-hydrogen) atoms. The summed E-state index contributed by atoms with van der Waals surface area (Å²) in [6.45, 7) is 12.5. The lowest BCUT2D eigenvalue weighted by Crippen LogP contribution is -2.68. The maximum absolute atomic E-state index is 13.5. The Morgan fingerprint density at radius 2 is 1.80 bits per heavy atom. The van der Waals surface area contributed by atoms with Crippen LogP contribution in [0.3, 0.4) is 0 Å². The SMILES string of the molecule is CCC(C(=O)NC[Si](C)(C)C)N1C(=O)[C@H](CC(C)C)NC(=O)[C@@H]1Cc1ccccc1. The second-order valence-electron chi connectivity index (χ2n) is 9.84. The Balaban J connectivity index is 2.34. The van der Waals surface area contributed by atoms with Crippen LogP contribution in [0.5, 0.6) is 0 Å². The summed E-state index contributed by atoms with van der Waals surface area (Å²) in [4.78, 5) is 41.2. The molecule has 1 saturated heterocycles. The van der Waals surface area contributed by atoms with Gasteiger partial charge in [-0.3, -0.25) is 14.4 Å². The van der Waals surface area contributed by atoms with E-state index < -0.39 is 26.2 Å². The molecule has 0 spiro atoms. The van der Waals surface area contributed by atoms with Crippen molar-refractivity contribution >= 4 is 25.8 Å². The number of amides is 3. The van der Waals surface area contributed by atoms with Crippen LogP contribution in [0, 0.1) is 5.92 Å². The summed E-state index contributed by atoms with van der Waals surface area (Å²) < 4.78 is 0. The Morgan fingerprint density at radius 3 is 2.33 bits per heavy atom. The van der Waals surface area contributed by atoms with Gasteiger partial charge in [0, 0.05) is 12.6 Å². The van der Waals surface area contributed by atoms with E-state index in [2.05, 4.69) is 30.3 Å². The van der Waals surface area contributed by atoms with Crippen molar-refractivity contribution in [3.05, 3.63) is 35.9 Å². The summed E-state index contributed by atoms with van der Waals surface area (Å²) in [5.74, 6) is -0.239. The van der Waals surface area contributed by atoms with Crippen LogP contribution in [0.4, 0.5) is 0 Å². The predicted molar refractivity (Wildman–Crippen MR) is 123 cm³/mol. The van der Waals surface area contributed by atoms with Gasteiger partial charge in [-0.2, -0.15) is 0 Å². The van der Waals surface area contributed by atoms with Gasteiger partial charge in [-0.1, -0.05) is 70.7 Å². The molecule has 7 heteroatoms. The summed E-state index contributed by atoms with van der Waals surface area (Å²) in [5, 5.41) is 5.96. The number of piperazine rings is 1. The molecule has 3 amide bonds. The van der Waals surface area contributed by atoms with Crippen LogP contribution < -0.4 is 10.6 Å². The Labute approximate surface area is 181 Å². The minimum Gasteiger partial charge on any atom is -0.357 e. The van der Waals surface area contributed by atoms with Crippen LogP contribution in [-0.2, 0) is 20.8 Å². The van der Waals surface area contributed by atoms with E-state index in [0.29, 0.717) is 25.4 Å². The molecule has 0 aliphatic carbocycles. The molecule has 1 aromatic rings. The number of hydrogen-bond donors (Lipinski definition) is 2. The third-order valence-electron chi connectivity index (χ3n) is 5.30. The van der Waals surface area contributed by atoms with Gasteiger partial charge in [0.15, 0.2) is 0 Å². The van der Waals surface area contributed by atoms with E-state index in [1.54, 1.807) is 4.90 Å². The van der Waals surface area contributed by atoms with Crippen LogP contribution in [0.25, 0.3) is 0 Å². The van der Waals surface area contributed by atoms with E-state index in [1.165, 1.54) is 0 Å². The highest BCUT2D eigenvalue weighted by Crippen LogP contribution is 2.23. The molecule has 1 aliphatic rings. The molecular formula is C23H37N3O3Si. The molecule has 1 aliphatic heterocycles. The van der Waals surface area contributed by atoms with E-state index in [0.717, 1.165) is 5.56 Å². The molecule has 0 saturated carbocycles. The van der Waals surface area contributed by atoms with Crippen LogP contribution >= 0.6 is 0 Å². The quantitative estimate of drug-likeness (QED) is 0.590. The van der Waals surface area contributed by atoms with E-state index >= 15 is 0 Å². The van der Waals surface area contributed by atoms with Crippen molar-refractivity contribution in [2.75, 3.05) is 6.17 Å². The molecule has 0 bridgehead atoms. The molecule has 0 aromatic heterocycles. The maximum atomic E-state index is 13.5. The Kier molecular flexibility index (Phi) is 8.23. The minimum absolute atomic E-state index is 0.153. The van der Waals surface area contributed by atoms with E-state index in [1.807, 2.05) is 51.1 Å². The van der Waals surface area contributed by atoms with Gasteiger partial charge in [-0.15, -0.1) is 0 Å². The average Bonchev–Trinajstić information content (AvgIpc) is 2.66. The van der Waals surface area contributed by atoms with Gasteiger partial charge in [0.2, 0.25) is 17.7 Å². The molecule has 166 valence electrons. The smallest absolute Gasteiger partial charge is 0.246 e. The van der Waals surface area contributed by atoms with Crippen molar-refractivity contribution in [2.45, 2.75) is 77.8 Å². The minimum atomic E-state index is -1.49. The maximum Gasteiger partial charge on any atom is 0.246 e. The molecule has 0 radical (unpaired) electrons. The highest BCUT2D eigenvalue weighted by molar-refractivity contribution is 6.76. The highest BCUT2D eigenvalue weighted by Gasteiger charge is 2.45. The predicted octanol–water partition coefficient (Wildman–Crippen LogP) is 2.74. The number of rotatable bonds is 9. The number of nitrogens with one attached hydrogen (secondary N) is 2. The third kappa shape index (κ3) is 6.42. The number of carbonyl (C=O) groups is 3. The number of hydrogen-bond acceptors (Lipinski definition) is 3. The number of carbonyl (C=O) groups excluding carboxylic acids is 3. The lowest BCUT2D eigenvalue weighted by molar-refractivity contribution is -0.155. The van der Waals surface area contributed by atoms with Gasteiger partial charge in [0.25, 0.3) is 0 Å². The normalized spacial score (nSPS) is 20.8. The monoisotopic (exact) mass is 431 g/mol. The van der Waals surface area contributed by atoms with E-state index in [9.17, 15) is 14.4 Å². The van der Waals surface area contributed by atoms with Gasteiger partial charge >= 0.3 is 0 Å². The van der Waals surface area contributed by atoms with E-state index in [-0.39, 0.29) is 23.6 Å². The Bertz CT molecular complexity index is 746. The molecule has 1 aromatic carbocycles. The Hall–Kier alpha value is -2.15. The lowest BCUT2D eigenvalue weighted by atomic mass is 9.93. The molecule has 1 heterocycles. The zero-order chi connectivity index (χ0) is 22.5. The molecule has 2 N–H and O–H groups in total. The van der Waals surface area contributed by atoms with Crippen LogP contribution in [-0.4, -0.2) is 55.0 Å². The van der Waals surface area contributed by atoms with Crippen LogP contribution in [0.1, 0.15) is 39.2 Å². The average molecular weight is 432 g/mol. The second kappa shape index (κ2) is 10.2. The fourth-order valence-electron chi connectivity index (χ4n) is 3.80. The van der Waals surface area contributed by atoms with Crippen molar-refractivity contribution in [1.29, 1.82) is 0 Å². The standard InChI is InChI=1S/C23H37N3O3Si/c1-7-19(21(27)24-15-30(4,5)6)26-20(14-17-11-9-8-10-12-17)22(28)25-18(23(26)29)13-16(2)3/h8-12,16,18-20H,7,13-15H2,1-6H3,(H,24,27)(H,25,28)/t18-,19?,20-/m0/s1. The zero-order valence-electron chi connectivity index (χ0n) is 19.2. The lowest BCUT2D eigenvalue weighted by Gasteiger charge is -2.43. The van der Waals surface area contributed by atoms with Crippen molar-refractivity contribution in [3.63, 3.8) is 0 Å². The van der Waals surface area contributed by atoms with Gasteiger partial charge in [-0.25, -0.2) is 0 Å². The summed E-state index contributed by atoms with van der Waals surface area (Å²) in [7, 11) is -1.49. The summed E-state index contributed by atoms with van der Waals surface area (Å²) in [5.41, 5.74) is 0.968. The third-order valence-corrected chi connectivity index (χ3v) is 6.54. The summed E-state index contributed by atoms with van der Waals surface area (Å²) in [6.07, 6.45) is 2.07. The van der Waals surface area contributed by atoms with Crippen molar-refractivity contribution in [1.82, 2.24) is 15.5 Å². The second-order valence-corrected chi connectivity index (χ2v) is 15.3. The van der Waals surface area contributed by atoms with Gasteiger partial charge in [-0.05, 0) is 24.3 Å². The molecule has 6 nitrogen and oxygen atoms in total. The molecule has 2 rings (SSSR count). The van der Waals surface area contributed by atoms with Crippen molar-refractivity contribution in [2.24, 2.45) is 5.92 Å². The molecule has 3 atom stereocenters. The van der Waals surface area contributed by atoms with Gasteiger partial charge < -0.3 is 15.5 Å². The highest BCUT2D eigenvalue weighted by atomic mass is 28.3. The topological polar surface area (TPSA) is 78.5 Å².